The number of carbonyl (C=O) groups is 1. The van der Waals surface area contributed by atoms with Crippen LogP contribution in [-0.2, 0) is 9.53 Å². The third-order valence-corrected chi connectivity index (χ3v) is 2.70. The number of carbonyl (C=O) groups excluding carboxylic acids is 1. The van der Waals surface area contributed by atoms with Crippen LogP contribution in [-0.4, -0.2) is 31.2 Å². The highest BCUT2D eigenvalue weighted by Gasteiger charge is 2.37. The van der Waals surface area contributed by atoms with Crippen molar-refractivity contribution < 1.29 is 9.53 Å². The lowest BCUT2D eigenvalue weighted by Gasteiger charge is -2.40. The second-order valence-corrected chi connectivity index (χ2v) is 3.75. The van der Waals surface area contributed by atoms with Crippen LogP contribution in [0.3, 0.4) is 0 Å². The van der Waals surface area contributed by atoms with Crippen molar-refractivity contribution >= 4 is 5.91 Å². The molecule has 3 N–H and O–H groups in total. The Hall–Kier alpha value is -0.610. The minimum Gasteiger partial charge on any atom is -0.376 e. The number of methoxy groups -OCH3 is 1. The number of nitrogens with one attached hydrogen (secondary N) is 1. The molecule has 0 bridgehead atoms. The highest BCUT2D eigenvalue weighted by Crippen LogP contribution is 2.34. The molecule has 13 heavy (non-hydrogen) atoms. The fourth-order valence-corrected chi connectivity index (χ4v) is 1.43. The van der Waals surface area contributed by atoms with Gasteiger partial charge in [0.1, 0.15) is 0 Å². The van der Waals surface area contributed by atoms with Gasteiger partial charge in [0.15, 0.2) is 0 Å². The molecule has 0 radical (unpaired) electrons. The van der Waals surface area contributed by atoms with Crippen molar-refractivity contribution in [3.8, 4) is 0 Å². The summed E-state index contributed by atoms with van der Waals surface area (Å²) in [6, 6.07) is -0.436. The molecule has 1 fully saturated rings. The van der Waals surface area contributed by atoms with Crippen molar-refractivity contribution in [1.29, 1.82) is 0 Å². The first-order chi connectivity index (χ1) is 6.09. The number of nitrogens with two attached hydrogens (primary N) is 1. The molecule has 0 saturated heterocycles. The number of hydrogen-bond donors (Lipinski definition) is 2. The third-order valence-electron chi connectivity index (χ3n) is 2.70. The minimum atomic E-state index is -0.436. The van der Waals surface area contributed by atoms with Gasteiger partial charge in [0, 0.05) is 13.7 Å². The standard InChI is InChI=1S/C9H18N2O2/c1-7(10)8(12)11-6-9(13-2)4-3-5-9/h7H,3-6,10H2,1-2H3,(H,11,12)/t7-/m0/s1. The monoisotopic (exact) mass is 186 g/mol. The van der Waals surface area contributed by atoms with E-state index in [1.807, 2.05) is 0 Å². The molecule has 1 amide bonds. The van der Waals surface area contributed by atoms with E-state index in [1.165, 1.54) is 6.42 Å². The molecule has 0 aromatic carbocycles. The largest absolute Gasteiger partial charge is 0.376 e. The third kappa shape index (κ3) is 2.42. The first-order valence-corrected chi connectivity index (χ1v) is 4.68. The Morgan fingerprint density at radius 3 is 2.62 bits per heavy atom. The molecule has 1 atom stereocenters. The molecule has 0 aromatic heterocycles. The quantitative estimate of drug-likeness (QED) is 0.650. The van der Waals surface area contributed by atoms with Gasteiger partial charge in [-0.1, -0.05) is 0 Å². The Bertz CT molecular complexity index is 183. The average molecular weight is 186 g/mol. The van der Waals surface area contributed by atoms with E-state index in [1.54, 1.807) is 14.0 Å². The number of rotatable bonds is 4. The van der Waals surface area contributed by atoms with Crippen LogP contribution >= 0.6 is 0 Å². The van der Waals surface area contributed by atoms with E-state index < -0.39 is 6.04 Å². The Labute approximate surface area is 78.8 Å². The van der Waals surface area contributed by atoms with E-state index in [0.29, 0.717) is 6.54 Å². The topological polar surface area (TPSA) is 64.3 Å². The van der Waals surface area contributed by atoms with Crippen molar-refractivity contribution in [2.45, 2.75) is 37.8 Å². The maximum atomic E-state index is 11.2. The molecule has 0 spiro atoms. The summed E-state index contributed by atoms with van der Waals surface area (Å²) in [5, 5.41) is 2.79. The van der Waals surface area contributed by atoms with Gasteiger partial charge in [-0.15, -0.1) is 0 Å². The van der Waals surface area contributed by atoms with Crippen LogP contribution in [0.15, 0.2) is 0 Å². The average Bonchev–Trinajstić information content (AvgIpc) is 2.02. The second kappa shape index (κ2) is 4.07. The molecule has 1 rings (SSSR count). The van der Waals surface area contributed by atoms with E-state index in [9.17, 15) is 4.79 Å². The molecule has 1 aliphatic carbocycles. The summed E-state index contributed by atoms with van der Waals surface area (Å²) in [4.78, 5) is 11.2. The number of ether oxygens (including phenoxy) is 1. The lowest BCUT2D eigenvalue weighted by molar-refractivity contribution is -0.125. The van der Waals surface area contributed by atoms with Crippen molar-refractivity contribution in [3.05, 3.63) is 0 Å². The molecule has 0 aliphatic heterocycles. The fraction of sp³-hybridized carbons (Fsp3) is 0.889. The molecule has 0 aromatic rings. The van der Waals surface area contributed by atoms with Gasteiger partial charge in [-0.2, -0.15) is 0 Å². The van der Waals surface area contributed by atoms with Crippen LogP contribution < -0.4 is 11.1 Å². The molecular formula is C9H18N2O2. The van der Waals surface area contributed by atoms with Crippen molar-refractivity contribution in [2.24, 2.45) is 5.73 Å². The van der Waals surface area contributed by atoms with E-state index in [4.69, 9.17) is 10.5 Å². The summed E-state index contributed by atoms with van der Waals surface area (Å²) in [6.07, 6.45) is 3.24. The first kappa shape index (κ1) is 10.5. The van der Waals surface area contributed by atoms with E-state index in [-0.39, 0.29) is 11.5 Å². The summed E-state index contributed by atoms with van der Waals surface area (Å²) in [5.41, 5.74) is 5.31. The lowest BCUT2D eigenvalue weighted by Crippen LogP contribution is -2.51. The minimum absolute atomic E-state index is 0.107. The predicted molar refractivity (Wildman–Crippen MR) is 50.3 cm³/mol. The molecule has 1 aliphatic rings. The van der Waals surface area contributed by atoms with E-state index in [2.05, 4.69) is 5.32 Å². The van der Waals surface area contributed by atoms with Crippen LogP contribution in [0.25, 0.3) is 0 Å². The summed E-state index contributed by atoms with van der Waals surface area (Å²) in [5.74, 6) is -0.108. The molecule has 1 saturated carbocycles. The normalized spacial score (nSPS) is 21.8. The maximum absolute atomic E-state index is 11.2. The van der Waals surface area contributed by atoms with Crippen LogP contribution in [0.4, 0.5) is 0 Å². The molecule has 0 unspecified atom stereocenters. The molecule has 76 valence electrons. The van der Waals surface area contributed by atoms with Gasteiger partial charge in [-0.3, -0.25) is 4.79 Å². The Kier molecular flexibility index (Phi) is 3.27. The van der Waals surface area contributed by atoms with Crippen LogP contribution in [0.1, 0.15) is 26.2 Å². The summed E-state index contributed by atoms with van der Waals surface area (Å²) < 4.78 is 5.35. The zero-order valence-corrected chi connectivity index (χ0v) is 8.30. The smallest absolute Gasteiger partial charge is 0.236 e. The summed E-state index contributed by atoms with van der Waals surface area (Å²) in [6.45, 7) is 2.26. The Morgan fingerprint density at radius 2 is 2.31 bits per heavy atom. The SMILES string of the molecule is COC1(CNC(=O)[C@H](C)N)CCC1. The highest BCUT2D eigenvalue weighted by atomic mass is 16.5. The molecule has 0 heterocycles. The number of amides is 1. The zero-order chi connectivity index (χ0) is 9.90. The van der Waals surface area contributed by atoms with Crippen LogP contribution in [0.2, 0.25) is 0 Å². The number of hydrogen-bond acceptors (Lipinski definition) is 3. The Balaban J connectivity index is 2.28. The maximum Gasteiger partial charge on any atom is 0.236 e. The van der Waals surface area contributed by atoms with Crippen LogP contribution in [0.5, 0.6) is 0 Å². The van der Waals surface area contributed by atoms with Gasteiger partial charge in [-0.05, 0) is 26.2 Å². The van der Waals surface area contributed by atoms with Gasteiger partial charge in [0.2, 0.25) is 5.91 Å². The zero-order valence-electron chi connectivity index (χ0n) is 8.30. The van der Waals surface area contributed by atoms with Crippen molar-refractivity contribution in [2.75, 3.05) is 13.7 Å². The highest BCUT2D eigenvalue weighted by molar-refractivity contribution is 5.81. The van der Waals surface area contributed by atoms with Gasteiger partial charge >= 0.3 is 0 Å². The van der Waals surface area contributed by atoms with Gasteiger partial charge in [0.05, 0.1) is 11.6 Å². The first-order valence-electron chi connectivity index (χ1n) is 4.68. The van der Waals surface area contributed by atoms with E-state index >= 15 is 0 Å². The van der Waals surface area contributed by atoms with E-state index in [0.717, 1.165) is 12.8 Å². The predicted octanol–water partition coefficient (Wildman–Crippen LogP) is 0.0189. The Morgan fingerprint density at radius 1 is 1.69 bits per heavy atom. The summed E-state index contributed by atoms with van der Waals surface area (Å²) >= 11 is 0. The van der Waals surface area contributed by atoms with Gasteiger partial charge in [-0.25, -0.2) is 0 Å². The molecule has 4 heteroatoms. The van der Waals surface area contributed by atoms with Crippen molar-refractivity contribution in [1.82, 2.24) is 5.32 Å². The molecular weight excluding hydrogens is 168 g/mol. The van der Waals surface area contributed by atoms with Gasteiger partial charge < -0.3 is 15.8 Å². The summed E-state index contributed by atoms with van der Waals surface area (Å²) in [7, 11) is 1.69. The van der Waals surface area contributed by atoms with Crippen LogP contribution in [0, 0.1) is 0 Å². The fourth-order valence-electron chi connectivity index (χ4n) is 1.43. The molecule has 4 nitrogen and oxygen atoms in total. The van der Waals surface area contributed by atoms with Gasteiger partial charge in [0.25, 0.3) is 0 Å². The lowest BCUT2D eigenvalue weighted by atomic mass is 9.80. The van der Waals surface area contributed by atoms with Crippen molar-refractivity contribution in [3.63, 3.8) is 0 Å². The second-order valence-electron chi connectivity index (χ2n) is 3.75.